The minimum Gasteiger partial charge on any atom is -0.382 e. The average Bonchev–Trinajstić information content (AvgIpc) is 2.98. The molecular formula is C14H18N4O2. The van der Waals surface area contributed by atoms with Crippen molar-refractivity contribution in [2.45, 2.75) is 13.3 Å². The van der Waals surface area contributed by atoms with Crippen LogP contribution in [0.15, 0.2) is 36.5 Å². The molecule has 0 unspecified atom stereocenters. The number of carbonyl (C=O) groups is 1. The fourth-order valence-corrected chi connectivity index (χ4v) is 1.69. The fourth-order valence-electron chi connectivity index (χ4n) is 1.69. The molecule has 0 fully saturated rings. The van der Waals surface area contributed by atoms with Crippen molar-refractivity contribution in [3.63, 3.8) is 0 Å². The van der Waals surface area contributed by atoms with E-state index in [2.05, 4.69) is 15.6 Å². The van der Waals surface area contributed by atoms with E-state index in [0.29, 0.717) is 25.5 Å². The Morgan fingerprint density at radius 2 is 2.15 bits per heavy atom. The van der Waals surface area contributed by atoms with Crippen molar-refractivity contribution < 1.29 is 9.53 Å². The Labute approximate surface area is 117 Å². The van der Waals surface area contributed by atoms with E-state index in [1.165, 1.54) is 0 Å². The molecule has 1 aromatic carbocycles. The maximum atomic E-state index is 11.9. The number of nitrogens with zero attached hydrogens (tertiary/aromatic N) is 3. The number of para-hydroxylation sites is 1. The first kappa shape index (κ1) is 14.2. The molecule has 106 valence electrons. The quantitative estimate of drug-likeness (QED) is 0.775. The lowest BCUT2D eigenvalue weighted by molar-refractivity contribution is 0.0939. The maximum Gasteiger partial charge on any atom is 0.273 e. The molecule has 6 heteroatoms. The molecule has 2 rings (SSSR count). The first-order chi connectivity index (χ1) is 9.81. The highest BCUT2D eigenvalue weighted by molar-refractivity contribution is 5.91. The van der Waals surface area contributed by atoms with E-state index in [4.69, 9.17) is 4.74 Å². The summed E-state index contributed by atoms with van der Waals surface area (Å²) in [6, 6.07) is 9.54. The molecule has 1 heterocycles. The topological polar surface area (TPSA) is 69.0 Å². The van der Waals surface area contributed by atoms with Crippen LogP contribution in [0.5, 0.6) is 0 Å². The predicted molar refractivity (Wildman–Crippen MR) is 74.8 cm³/mol. The summed E-state index contributed by atoms with van der Waals surface area (Å²) in [5.41, 5.74) is 1.18. The summed E-state index contributed by atoms with van der Waals surface area (Å²) in [7, 11) is 0. The van der Waals surface area contributed by atoms with Gasteiger partial charge in [-0.05, 0) is 25.5 Å². The van der Waals surface area contributed by atoms with Crippen LogP contribution in [0.3, 0.4) is 0 Å². The highest BCUT2D eigenvalue weighted by Gasteiger charge is 2.10. The van der Waals surface area contributed by atoms with E-state index < -0.39 is 0 Å². The molecule has 0 aliphatic rings. The highest BCUT2D eigenvalue weighted by Crippen LogP contribution is 2.05. The molecule has 1 amide bonds. The van der Waals surface area contributed by atoms with E-state index in [-0.39, 0.29) is 5.91 Å². The number of rotatable bonds is 7. The molecule has 6 nitrogen and oxygen atoms in total. The number of ether oxygens (including phenoxy) is 1. The lowest BCUT2D eigenvalue weighted by Gasteiger charge is -2.02. The number of aromatic nitrogens is 3. The van der Waals surface area contributed by atoms with Crippen LogP contribution < -0.4 is 5.32 Å². The minimum atomic E-state index is -0.219. The maximum absolute atomic E-state index is 11.9. The summed E-state index contributed by atoms with van der Waals surface area (Å²) in [6.07, 6.45) is 2.40. The number of amides is 1. The Morgan fingerprint density at radius 1 is 1.35 bits per heavy atom. The van der Waals surface area contributed by atoms with Crippen LogP contribution in [-0.2, 0) is 4.74 Å². The molecule has 0 aliphatic heterocycles. The van der Waals surface area contributed by atoms with Gasteiger partial charge >= 0.3 is 0 Å². The standard InChI is InChI=1S/C14H18N4O2/c1-2-20-10-6-9-15-14(19)13-11-18(17-16-13)12-7-4-3-5-8-12/h3-5,7-8,11H,2,6,9-10H2,1H3,(H,15,19). The van der Waals surface area contributed by atoms with Crippen molar-refractivity contribution >= 4 is 5.91 Å². The van der Waals surface area contributed by atoms with E-state index in [1.807, 2.05) is 37.3 Å². The molecule has 20 heavy (non-hydrogen) atoms. The Kier molecular flexibility index (Phi) is 5.25. The summed E-state index contributed by atoms with van der Waals surface area (Å²) in [5.74, 6) is -0.219. The molecule has 0 atom stereocenters. The highest BCUT2D eigenvalue weighted by atomic mass is 16.5. The Morgan fingerprint density at radius 3 is 2.90 bits per heavy atom. The normalized spacial score (nSPS) is 10.4. The summed E-state index contributed by atoms with van der Waals surface area (Å²) in [5, 5.41) is 10.6. The van der Waals surface area contributed by atoms with Crippen LogP contribution in [0.1, 0.15) is 23.8 Å². The summed E-state index contributed by atoms with van der Waals surface area (Å²) >= 11 is 0. The second-order valence-corrected chi connectivity index (χ2v) is 4.19. The van der Waals surface area contributed by atoms with E-state index in [1.54, 1.807) is 10.9 Å². The van der Waals surface area contributed by atoms with Crippen LogP contribution in [0, 0.1) is 0 Å². The SMILES string of the molecule is CCOCCCNC(=O)c1cn(-c2ccccc2)nn1. The van der Waals surface area contributed by atoms with Gasteiger partial charge in [-0.1, -0.05) is 23.4 Å². The number of benzene rings is 1. The van der Waals surface area contributed by atoms with Gasteiger partial charge in [-0.15, -0.1) is 5.10 Å². The minimum absolute atomic E-state index is 0.219. The van der Waals surface area contributed by atoms with Crippen LogP contribution in [0.4, 0.5) is 0 Å². The Balaban J connectivity index is 1.87. The summed E-state index contributed by atoms with van der Waals surface area (Å²) < 4.78 is 6.78. The van der Waals surface area contributed by atoms with E-state index in [0.717, 1.165) is 12.1 Å². The smallest absolute Gasteiger partial charge is 0.273 e. The van der Waals surface area contributed by atoms with Crippen molar-refractivity contribution in [1.82, 2.24) is 20.3 Å². The van der Waals surface area contributed by atoms with Crippen LogP contribution in [0.2, 0.25) is 0 Å². The van der Waals surface area contributed by atoms with E-state index >= 15 is 0 Å². The van der Waals surface area contributed by atoms with Gasteiger partial charge in [0.15, 0.2) is 5.69 Å². The molecule has 0 bridgehead atoms. The molecule has 0 aliphatic carbocycles. The third-order valence-corrected chi connectivity index (χ3v) is 2.70. The van der Waals surface area contributed by atoms with Crippen molar-refractivity contribution in [2.75, 3.05) is 19.8 Å². The largest absolute Gasteiger partial charge is 0.382 e. The van der Waals surface area contributed by atoms with Gasteiger partial charge in [0.1, 0.15) is 0 Å². The number of hydrogen-bond donors (Lipinski definition) is 1. The third-order valence-electron chi connectivity index (χ3n) is 2.70. The van der Waals surface area contributed by atoms with Crippen molar-refractivity contribution in [3.05, 3.63) is 42.2 Å². The zero-order valence-electron chi connectivity index (χ0n) is 11.5. The van der Waals surface area contributed by atoms with Crippen molar-refractivity contribution in [2.24, 2.45) is 0 Å². The molecule has 1 N–H and O–H groups in total. The van der Waals surface area contributed by atoms with Crippen LogP contribution in [-0.4, -0.2) is 40.7 Å². The first-order valence-electron chi connectivity index (χ1n) is 6.65. The summed E-state index contributed by atoms with van der Waals surface area (Å²) in [6.45, 7) is 3.85. The van der Waals surface area contributed by atoms with Gasteiger partial charge in [0.2, 0.25) is 0 Å². The molecular weight excluding hydrogens is 256 g/mol. The molecule has 0 saturated heterocycles. The van der Waals surface area contributed by atoms with Gasteiger partial charge in [0.05, 0.1) is 11.9 Å². The van der Waals surface area contributed by atoms with Crippen LogP contribution >= 0.6 is 0 Å². The second kappa shape index (κ2) is 7.40. The molecule has 0 radical (unpaired) electrons. The van der Waals surface area contributed by atoms with Gasteiger partial charge < -0.3 is 10.1 Å². The summed E-state index contributed by atoms with van der Waals surface area (Å²) in [4.78, 5) is 11.9. The lowest BCUT2D eigenvalue weighted by Crippen LogP contribution is -2.25. The Hall–Kier alpha value is -2.21. The van der Waals surface area contributed by atoms with Gasteiger partial charge in [-0.25, -0.2) is 4.68 Å². The molecule has 2 aromatic rings. The number of nitrogens with one attached hydrogen (secondary N) is 1. The lowest BCUT2D eigenvalue weighted by atomic mass is 10.3. The average molecular weight is 274 g/mol. The molecule has 0 saturated carbocycles. The van der Waals surface area contributed by atoms with Crippen molar-refractivity contribution in [3.8, 4) is 5.69 Å². The fraction of sp³-hybridized carbons (Fsp3) is 0.357. The van der Waals surface area contributed by atoms with Gasteiger partial charge in [0.25, 0.3) is 5.91 Å². The zero-order chi connectivity index (χ0) is 14.2. The van der Waals surface area contributed by atoms with Crippen molar-refractivity contribution in [1.29, 1.82) is 0 Å². The molecule has 0 spiro atoms. The van der Waals surface area contributed by atoms with Gasteiger partial charge in [-0.2, -0.15) is 0 Å². The van der Waals surface area contributed by atoms with E-state index in [9.17, 15) is 4.79 Å². The third kappa shape index (κ3) is 3.89. The number of carbonyl (C=O) groups excluding carboxylic acids is 1. The Bertz CT molecular complexity index is 539. The molecule has 1 aromatic heterocycles. The second-order valence-electron chi connectivity index (χ2n) is 4.19. The number of hydrogen-bond acceptors (Lipinski definition) is 4. The van der Waals surface area contributed by atoms with Gasteiger partial charge in [-0.3, -0.25) is 4.79 Å². The predicted octanol–water partition coefficient (Wildman–Crippen LogP) is 1.42. The first-order valence-corrected chi connectivity index (χ1v) is 6.65. The van der Waals surface area contributed by atoms with Crippen LogP contribution in [0.25, 0.3) is 5.69 Å². The van der Waals surface area contributed by atoms with Gasteiger partial charge in [0, 0.05) is 19.8 Å². The monoisotopic (exact) mass is 274 g/mol. The zero-order valence-corrected chi connectivity index (χ0v) is 11.5.